The molecule has 0 heterocycles. The summed E-state index contributed by atoms with van der Waals surface area (Å²) >= 11 is 0. The van der Waals surface area contributed by atoms with Gasteiger partial charge in [0.05, 0.1) is 0 Å². The van der Waals surface area contributed by atoms with Crippen molar-refractivity contribution in [2.24, 2.45) is 0 Å². The smallest absolute Gasteiger partial charge is 0.338 e. The first-order valence-corrected chi connectivity index (χ1v) is 9.76. The van der Waals surface area contributed by atoms with E-state index in [1.165, 1.54) is 12.8 Å². The quantitative estimate of drug-likeness (QED) is 0.515. The summed E-state index contributed by atoms with van der Waals surface area (Å²) in [5.74, 6) is 0. The summed E-state index contributed by atoms with van der Waals surface area (Å²) in [5, 5.41) is 0. The Kier molecular flexibility index (Phi) is 10.8. The highest BCUT2D eigenvalue weighted by Crippen LogP contribution is 2.23. The molecule has 0 N–H and O–H groups in total. The zero-order valence-corrected chi connectivity index (χ0v) is 14.9. The Hall–Kier alpha value is 0.0569. The molecule has 0 bridgehead atoms. The van der Waals surface area contributed by atoms with Gasteiger partial charge in [0.25, 0.3) is 0 Å². The van der Waals surface area contributed by atoms with Gasteiger partial charge in [-0.2, -0.15) is 0 Å². The molecular weight excluding hydrogens is 256 g/mol. The summed E-state index contributed by atoms with van der Waals surface area (Å²) in [6, 6.07) is 2.22. The van der Waals surface area contributed by atoms with Crippen LogP contribution >= 0.6 is 0 Å². The molecule has 0 rings (SSSR count). The van der Waals surface area contributed by atoms with Gasteiger partial charge in [0.1, 0.15) is 0 Å². The van der Waals surface area contributed by atoms with E-state index >= 15 is 0 Å². The predicted octanol–water partition coefficient (Wildman–Crippen LogP) is 2.41. The van der Waals surface area contributed by atoms with E-state index in [0.717, 1.165) is 38.4 Å². The van der Waals surface area contributed by atoms with Gasteiger partial charge in [0.2, 0.25) is 0 Å². The lowest BCUT2D eigenvalue weighted by atomic mass is 10.4. The van der Waals surface area contributed by atoms with E-state index in [2.05, 4.69) is 51.8 Å². The standard InChI is InChI=1S/C14H34N2O2Si/c1-7-17-19(18-8-2,13-9-11-15(3)4)14-10-12-16(5)6/h7-14H2,1-6H3. The van der Waals surface area contributed by atoms with Gasteiger partial charge >= 0.3 is 8.56 Å². The summed E-state index contributed by atoms with van der Waals surface area (Å²) in [6.07, 6.45) is 2.34. The lowest BCUT2D eigenvalue weighted by molar-refractivity contribution is 0.178. The maximum absolute atomic E-state index is 6.11. The highest BCUT2D eigenvalue weighted by Gasteiger charge is 2.35. The first-order valence-electron chi connectivity index (χ1n) is 7.53. The molecule has 4 nitrogen and oxygen atoms in total. The molecule has 19 heavy (non-hydrogen) atoms. The summed E-state index contributed by atoms with van der Waals surface area (Å²) < 4.78 is 12.2. The topological polar surface area (TPSA) is 24.9 Å². The van der Waals surface area contributed by atoms with Crippen LogP contribution in [-0.4, -0.2) is 72.9 Å². The molecule has 0 radical (unpaired) electrons. The Bertz CT molecular complexity index is 192. The molecule has 0 aromatic heterocycles. The van der Waals surface area contributed by atoms with Gasteiger partial charge in [-0.3, -0.25) is 0 Å². The molecule has 0 unspecified atom stereocenters. The highest BCUT2D eigenvalue weighted by atomic mass is 28.4. The Morgan fingerprint density at radius 1 is 0.737 bits per heavy atom. The third-order valence-electron chi connectivity index (χ3n) is 3.14. The van der Waals surface area contributed by atoms with Crippen LogP contribution in [0.2, 0.25) is 12.1 Å². The van der Waals surface area contributed by atoms with Crippen LogP contribution in [0.5, 0.6) is 0 Å². The molecule has 0 atom stereocenters. The van der Waals surface area contributed by atoms with E-state index in [4.69, 9.17) is 8.85 Å². The van der Waals surface area contributed by atoms with Gasteiger partial charge in [0, 0.05) is 13.2 Å². The van der Waals surface area contributed by atoms with Crippen molar-refractivity contribution in [3.63, 3.8) is 0 Å². The van der Waals surface area contributed by atoms with E-state index < -0.39 is 8.56 Å². The molecule has 0 aromatic rings. The lowest BCUT2D eigenvalue weighted by Crippen LogP contribution is -2.43. The fraction of sp³-hybridized carbons (Fsp3) is 1.00. The molecule has 0 aromatic carbocycles. The average Bonchev–Trinajstić information content (AvgIpc) is 2.28. The van der Waals surface area contributed by atoms with Crippen molar-refractivity contribution >= 4 is 8.56 Å². The van der Waals surface area contributed by atoms with Gasteiger partial charge in [0.15, 0.2) is 0 Å². The molecule has 116 valence electrons. The predicted molar refractivity (Wildman–Crippen MR) is 85.0 cm³/mol. The van der Waals surface area contributed by atoms with Crippen LogP contribution in [0.1, 0.15) is 26.7 Å². The molecule has 0 aliphatic rings. The van der Waals surface area contributed by atoms with Crippen molar-refractivity contribution < 1.29 is 8.85 Å². The lowest BCUT2D eigenvalue weighted by Gasteiger charge is -2.31. The van der Waals surface area contributed by atoms with Gasteiger partial charge in [-0.25, -0.2) is 0 Å². The Morgan fingerprint density at radius 2 is 1.11 bits per heavy atom. The SMILES string of the molecule is CCO[Si](CCCN(C)C)(CCCN(C)C)OCC. The monoisotopic (exact) mass is 290 g/mol. The Labute approximate surface area is 121 Å². The van der Waals surface area contributed by atoms with Crippen LogP contribution in [0.4, 0.5) is 0 Å². The van der Waals surface area contributed by atoms with Gasteiger partial charge in [-0.15, -0.1) is 0 Å². The van der Waals surface area contributed by atoms with Gasteiger partial charge in [-0.05, 0) is 80.1 Å². The number of hydrogen-bond acceptors (Lipinski definition) is 4. The molecule has 0 saturated heterocycles. The second kappa shape index (κ2) is 10.8. The molecule has 0 saturated carbocycles. The third-order valence-corrected chi connectivity index (χ3v) is 7.00. The molecule has 0 amide bonds. The minimum atomic E-state index is -1.98. The number of hydrogen-bond donors (Lipinski definition) is 0. The zero-order chi connectivity index (χ0) is 14.7. The Morgan fingerprint density at radius 3 is 1.37 bits per heavy atom. The second-order valence-electron chi connectivity index (χ2n) is 5.59. The Balaban J connectivity index is 4.38. The van der Waals surface area contributed by atoms with Crippen molar-refractivity contribution in [1.82, 2.24) is 9.80 Å². The maximum atomic E-state index is 6.11. The number of rotatable bonds is 12. The van der Waals surface area contributed by atoms with Crippen LogP contribution in [-0.2, 0) is 8.85 Å². The molecule has 0 spiro atoms. The van der Waals surface area contributed by atoms with Crippen LogP contribution in [0.25, 0.3) is 0 Å². The minimum absolute atomic E-state index is 0.774. The highest BCUT2D eigenvalue weighted by molar-refractivity contribution is 6.67. The van der Waals surface area contributed by atoms with Crippen molar-refractivity contribution in [2.75, 3.05) is 54.5 Å². The maximum Gasteiger partial charge on any atom is 0.338 e. The summed E-state index contributed by atoms with van der Waals surface area (Å²) in [5.41, 5.74) is 0. The molecular formula is C14H34N2O2Si. The van der Waals surface area contributed by atoms with Crippen molar-refractivity contribution in [3.05, 3.63) is 0 Å². The van der Waals surface area contributed by atoms with Crippen LogP contribution in [0.15, 0.2) is 0 Å². The summed E-state index contributed by atoms with van der Waals surface area (Å²) in [6.45, 7) is 7.94. The van der Waals surface area contributed by atoms with Gasteiger partial charge in [-0.1, -0.05) is 0 Å². The first-order chi connectivity index (χ1) is 8.95. The van der Waals surface area contributed by atoms with Crippen molar-refractivity contribution in [1.29, 1.82) is 0 Å². The van der Waals surface area contributed by atoms with Crippen LogP contribution in [0, 0.1) is 0 Å². The second-order valence-corrected chi connectivity index (χ2v) is 8.99. The molecule has 0 aliphatic heterocycles. The minimum Gasteiger partial charge on any atom is -0.394 e. The van der Waals surface area contributed by atoms with Gasteiger partial charge < -0.3 is 18.7 Å². The summed E-state index contributed by atoms with van der Waals surface area (Å²) in [4.78, 5) is 4.47. The van der Waals surface area contributed by atoms with E-state index in [9.17, 15) is 0 Å². The van der Waals surface area contributed by atoms with Crippen molar-refractivity contribution in [3.8, 4) is 0 Å². The average molecular weight is 291 g/mol. The fourth-order valence-corrected chi connectivity index (χ4v) is 5.67. The van der Waals surface area contributed by atoms with E-state index in [-0.39, 0.29) is 0 Å². The molecule has 0 aliphatic carbocycles. The van der Waals surface area contributed by atoms with E-state index in [1.807, 2.05) is 0 Å². The first kappa shape index (κ1) is 19.1. The van der Waals surface area contributed by atoms with Crippen molar-refractivity contribution in [2.45, 2.75) is 38.8 Å². The molecule has 0 fully saturated rings. The van der Waals surface area contributed by atoms with Crippen LogP contribution in [0.3, 0.4) is 0 Å². The zero-order valence-electron chi connectivity index (χ0n) is 13.9. The van der Waals surface area contributed by atoms with Crippen LogP contribution < -0.4 is 0 Å². The largest absolute Gasteiger partial charge is 0.394 e. The molecule has 5 heteroatoms. The van der Waals surface area contributed by atoms with E-state index in [1.54, 1.807) is 0 Å². The summed E-state index contributed by atoms with van der Waals surface area (Å²) in [7, 11) is 6.50. The third kappa shape index (κ3) is 9.57. The number of nitrogens with zero attached hydrogens (tertiary/aromatic N) is 2. The fourth-order valence-electron chi connectivity index (χ4n) is 2.31. The van der Waals surface area contributed by atoms with E-state index in [0.29, 0.717) is 0 Å². The normalized spacial score (nSPS) is 12.6.